The topological polar surface area (TPSA) is 58.4 Å². The van der Waals surface area contributed by atoms with Crippen LogP contribution in [0.1, 0.15) is 27.2 Å². The third kappa shape index (κ3) is 2.38. The summed E-state index contributed by atoms with van der Waals surface area (Å²) in [5.41, 5.74) is 4.37. The van der Waals surface area contributed by atoms with E-state index in [-0.39, 0.29) is 0 Å². The summed E-state index contributed by atoms with van der Waals surface area (Å²) < 4.78 is 1.66. The van der Waals surface area contributed by atoms with Crippen LogP contribution in [0.2, 0.25) is 5.15 Å². The van der Waals surface area contributed by atoms with E-state index in [0.29, 0.717) is 17.3 Å². The molecule has 0 unspecified atom stereocenters. The second-order valence-electron chi connectivity index (χ2n) is 5.30. The number of carboxylic acid groups (broad SMARTS) is 1. The normalized spacial score (nSPS) is 13.6. The summed E-state index contributed by atoms with van der Waals surface area (Å²) in [6.45, 7) is 3.45. The first kappa shape index (κ1) is 13.9. The molecule has 1 N–H and O–H groups in total. The van der Waals surface area contributed by atoms with Crippen molar-refractivity contribution in [1.82, 2.24) is 9.78 Å². The SMILES string of the molecule is Cc1nn(C)c(Cl)c1CN1CCc2ccc(C(=O)O)cc21. The Kier molecular flexibility index (Phi) is 3.37. The number of fused-ring (bicyclic) bond motifs is 1. The third-order valence-corrected chi connectivity index (χ3v) is 4.42. The highest BCUT2D eigenvalue weighted by Crippen LogP contribution is 2.32. The molecule has 0 saturated heterocycles. The van der Waals surface area contributed by atoms with Gasteiger partial charge in [-0.15, -0.1) is 0 Å². The standard InChI is InChI=1S/C15H16ClN3O2/c1-9-12(14(16)18(2)17-9)8-19-6-5-10-3-4-11(15(20)21)7-13(10)19/h3-4,7H,5-6,8H2,1-2H3,(H,20,21). The van der Waals surface area contributed by atoms with Gasteiger partial charge in [-0.25, -0.2) is 4.79 Å². The van der Waals surface area contributed by atoms with Gasteiger partial charge in [-0.1, -0.05) is 17.7 Å². The highest BCUT2D eigenvalue weighted by atomic mass is 35.5. The molecule has 0 spiro atoms. The maximum Gasteiger partial charge on any atom is 0.335 e. The summed E-state index contributed by atoms with van der Waals surface area (Å²) in [4.78, 5) is 13.3. The van der Waals surface area contributed by atoms with E-state index in [1.807, 2.05) is 20.0 Å². The van der Waals surface area contributed by atoms with Gasteiger partial charge in [0, 0.05) is 31.4 Å². The van der Waals surface area contributed by atoms with Gasteiger partial charge in [0.1, 0.15) is 5.15 Å². The monoisotopic (exact) mass is 305 g/mol. The molecule has 1 aromatic heterocycles. The lowest BCUT2D eigenvalue weighted by molar-refractivity contribution is 0.0697. The van der Waals surface area contributed by atoms with E-state index in [9.17, 15) is 4.79 Å². The number of aromatic nitrogens is 2. The Bertz CT molecular complexity index is 724. The number of nitrogens with zero attached hydrogens (tertiary/aromatic N) is 3. The van der Waals surface area contributed by atoms with Crippen LogP contribution in [0.3, 0.4) is 0 Å². The molecule has 1 aliphatic heterocycles. The highest BCUT2D eigenvalue weighted by molar-refractivity contribution is 6.30. The molecule has 0 aliphatic carbocycles. The lowest BCUT2D eigenvalue weighted by Gasteiger charge is -2.19. The van der Waals surface area contributed by atoms with Crippen LogP contribution in [0.5, 0.6) is 0 Å². The van der Waals surface area contributed by atoms with Gasteiger partial charge in [-0.2, -0.15) is 5.10 Å². The van der Waals surface area contributed by atoms with E-state index >= 15 is 0 Å². The van der Waals surface area contributed by atoms with Crippen LogP contribution in [0.4, 0.5) is 5.69 Å². The fraction of sp³-hybridized carbons (Fsp3) is 0.333. The first-order valence-corrected chi connectivity index (χ1v) is 7.14. The molecule has 21 heavy (non-hydrogen) atoms. The van der Waals surface area contributed by atoms with E-state index < -0.39 is 5.97 Å². The number of hydrogen-bond acceptors (Lipinski definition) is 3. The van der Waals surface area contributed by atoms with Gasteiger partial charge in [-0.3, -0.25) is 4.68 Å². The molecule has 2 aromatic rings. The van der Waals surface area contributed by atoms with Crippen molar-refractivity contribution in [1.29, 1.82) is 0 Å². The number of aryl methyl sites for hydroxylation is 2. The number of carbonyl (C=O) groups is 1. The Morgan fingerprint density at radius 3 is 2.86 bits per heavy atom. The summed E-state index contributed by atoms with van der Waals surface area (Å²) in [5.74, 6) is -0.903. The van der Waals surface area contributed by atoms with Crippen LogP contribution in [-0.2, 0) is 20.0 Å². The van der Waals surface area contributed by atoms with Crippen LogP contribution in [0, 0.1) is 6.92 Å². The fourth-order valence-electron chi connectivity index (χ4n) is 2.79. The molecule has 3 rings (SSSR count). The van der Waals surface area contributed by atoms with Crippen molar-refractivity contribution >= 4 is 23.3 Å². The quantitative estimate of drug-likeness (QED) is 0.947. The van der Waals surface area contributed by atoms with Gasteiger partial charge >= 0.3 is 5.97 Å². The Morgan fingerprint density at radius 1 is 1.48 bits per heavy atom. The van der Waals surface area contributed by atoms with Crippen LogP contribution in [0.15, 0.2) is 18.2 Å². The summed E-state index contributed by atoms with van der Waals surface area (Å²) >= 11 is 6.28. The Labute approximate surface area is 127 Å². The summed E-state index contributed by atoms with van der Waals surface area (Å²) in [6, 6.07) is 5.30. The van der Waals surface area contributed by atoms with Crippen LogP contribution in [0.25, 0.3) is 0 Å². The molecule has 0 fully saturated rings. The first-order valence-electron chi connectivity index (χ1n) is 6.76. The molecule has 1 aliphatic rings. The van der Waals surface area contributed by atoms with Crippen molar-refractivity contribution in [2.24, 2.45) is 7.05 Å². The molecule has 1 aromatic carbocycles. The lowest BCUT2D eigenvalue weighted by Crippen LogP contribution is -2.20. The molecule has 0 saturated carbocycles. The predicted molar refractivity (Wildman–Crippen MR) is 81.1 cm³/mol. The second kappa shape index (κ2) is 5.07. The van der Waals surface area contributed by atoms with E-state index in [4.69, 9.17) is 16.7 Å². The maximum atomic E-state index is 11.1. The molecule has 0 radical (unpaired) electrons. The molecular formula is C15H16ClN3O2. The first-order chi connectivity index (χ1) is 9.97. The number of carboxylic acids is 1. The van der Waals surface area contributed by atoms with E-state index in [2.05, 4.69) is 10.00 Å². The Balaban J connectivity index is 1.93. The van der Waals surface area contributed by atoms with Crippen molar-refractivity contribution in [2.75, 3.05) is 11.4 Å². The lowest BCUT2D eigenvalue weighted by atomic mass is 10.1. The van der Waals surface area contributed by atoms with Gasteiger partial charge < -0.3 is 10.0 Å². The third-order valence-electron chi connectivity index (χ3n) is 3.94. The molecule has 0 atom stereocenters. The number of hydrogen-bond donors (Lipinski definition) is 1. The van der Waals surface area contributed by atoms with Crippen LogP contribution < -0.4 is 4.90 Å². The summed E-state index contributed by atoms with van der Waals surface area (Å²) in [7, 11) is 1.82. The molecule has 0 amide bonds. The zero-order valence-corrected chi connectivity index (χ0v) is 12.7. The van der Waals surface area contributed by atoms with Gasteiger partial charge in [-0.05, 0) is 31.0 Å². The molecule has 110 valence electrons. The van der Waals surface area contributed by atoms with Gasteiger partial charge in [0.15, 0.2) is 0 Å². The van der Waals surface area contributed by atoms with Gasteiger partial charge in [0.05, 0.1) is 11.3 Å². The smallest absolute Gasteiger partial charge is 0.335 e. The second-order valence-corrected chi connectivity index (χ2v) is 5.66. The predicted octanol–water partition coefficient (Wildman–Crippen LogP) is 2.64. The van der Waals surface area contributed by atoms with Gasteiger partial charge in [0.25, 0.3) is 0 Å². The maximum absolute atomic E-state index is 11.1. The molecule has 0 bridgehead atoms. The van der Waals surface area contributed by atoms with E-state index in [1.165, 1.54) is 5.56 Å². The molecule has 5 nitrogen and oxygen atoms in total. The zero-order valence-electron chi connectivity index (χ0n) is 11.9. The van der Waals surface area contributed by atoms with E-state index in [0.717, 1.165) is 29.9 Å². The van der Waals surface area contributed by atoms with Crippen LogP contribution in [-0.4, -0.2) is 27.4 Å². The fourth-order valence-corrected chi connectivity index (χ4v) is 3.02. The average molecular weight is 306 g/mol. The van der Waals surface area contributed by atoms with Crippen molar-refractivity contribution < 1.29 is 9.90 Å². The van der Waals surface area contributed by atoms with Crippen molar-refractivity contribution in [2.45, 2.75) is 19.9 Å². The summed E-state index contributed by atoms with van der Waals surface area (Å²) in [6.07, 6.45) is 0.923. The number of benzene rings is 1. The Hall–Kier alpha value is -2.01. The minimum absolute atomic E-state index is 0.314. The number of anilines is 1. The van der Waals surface area contributed by atoms with Crippen LogP contribution >= 0.6 is 11.6 Å². The van der Waals surface area contributed by atoms with Crippen molar-refractivity contribution in [3.8, 4) is 0 Å². The minimum atomic E-state index is -0.903. The molecule has 2 heterocycles. The minimum Gasteiger partial charge on any atom is -0.478 e. The number of halogens is 1. The average Bonchev–Trinajstić information content (AvgIpc) is 2.95. The number of aromatic carboxylic acids is 1. The van der Waals surface area contributed by atoms with E-state index in [1.54, 1.807) is 16.8 Å². The van der Waals surface area contributed by atoms with Gasteiger partial charge in [0.2, 0.25) is 0 Å². The number of rotatable bonds is 3. The molecular weight excluding hydrogens is 290 g/mol. The summed E-state index contributed by atoms with van der Waals surface area (Å²) in [5, 5.41) is 14.1. The zero-order chi connectivity index (χ0) is 15.1. The Morgan fingerprint density at radius 2 is 2.24 bits per heavy atom. The molecule has 6 heteroatoms. The van der Waals surface area contributed by atoms with Crippen molar-refractivity contribution in [3.63, 3.8) is 0 Å². The highest BCUT2D eigenvalue weighted by Gasteiger charge is 2.23. The largest absolute Gasteiger partial charge is 0.478 e. The van der Waals surface area contributed by atoms with Crippen molar-refractivity contribution in [3.05, 3.63) is 45.7 Å².